The standard InChI is InChI=1S/C47H47ClN6O5S/c1-29(30-11-6-4-7-12-30)45(55)53-24-10-15-40(53)44-49-27-39(51-44)34-22-18-32(19-23-34)31-16-20-33(21-17-31)37-26-38(50-43(37)48)41-25-36(60(3)58)28-54(41)46(56)42(52-47(57)59-2)35-13-8-5-9-14-35/h4-9,11-14,16-23,27,29,36,40-42H,10,15,24-26,28H2,1-3H3,(H,49,51)(H,52,57)/t29-,36+,40+,41+,42+,60?/m1/s1. The van der Waals surface area contributed by atoms with E-state index in [0.717, 1.165) is 70.0 Å². The number of H-pyrrole nitrogens is 1. The molecular weight excluding hydrogens is 796 g/mol. The van der Waals surface area contributed by atoms with Crippen LogP contribution >= 0.6 is 11.6 Å². The SMILES string of the molecule is COC(=O)N[C@H](C(=O)N1C[C@@H](S(C)=O)C[C@H]1C1=NC(Cl)=C(c2ccc(-c3ccc(-c4cnc([C@@H]5CCCN5C(=O)[C@H](C)c5ccccc5)[nH]4)cc3)cc2)C1)c1ccccc1. The summed E-state index contributed by atoms with van der Waals surface area (Å²) in [7, 11) is 0.0620. The van der Waals surface area contributed by atoms with Gasteiger partial charge in [-0.2, -0.15) is 0 Å². The second-order valence-corrected chi connectivity index (χ2v) is 17.6. The maximum absolute atomic E-state index is 14.2. The molecule has 8 rings (SSSR count). The molecule has 13 heteroatoms. The number of aromatic nitrogens is 2. The van der Waals surface area contributed by atoms with Crippen molar-refractivity contribution in [1.82, 2.24) is 25.1 Å². The number of carbonyl (C=O) groups is 3. The minimum Gasteiger partial charge on any atom is -0.453 e. The van der Waals surface area contributed by atoms with Crippen LogP contribution in [-0.4, -0.2) is 85.3 Å². The fourth-order valence-electron chi connectivity index (χ4n) is 8.58. The van der Waals surface area contributed by atoms with Crippen LogP contribution in [0.15, 0.2) is 126 Å². The highest BCUT2D eigenvalue weighted by Gasteiger charge is 2.44. The van der Waals surface area contributed by atoms with Gasteiger partial charge in [0.25, 0.3) is 5.91 Å². The van der Waals surface area contributed by atoms with Gasteiger partial charge in [-0.25, -0.2) is 14.8 Å². The van der Waals surface area contributed by atoms with Crippen molar-refractivity contribution in [2.45, 2.75) is 61.9 Å². The number of aromatic amines is 1. The molecule has 2 fully saturated rings. The Hall–Kier alpha value is -5.85. The molecule has 3 amide bonds. The third kappa shape index (κ3) is 8.44. The van der Waals surface area contributed by atoms with E-state index in [1.54, 1.807) is 35.4 Å². The van der Waals surface area contributed by atoms with Crippen LogP contribution in [0.4, 0.5) is 4.79 Å². The maximum atomic E-state index is 14.2. The van der Waals surface area contributed by atoms with E-state index in [4.69, 9.17) is 26.3 Å². The highest BCUT2D eigenvalue weighted by atomic mass is 35.5. The van der Waals surface area contributed by atoms with Gasteiger partial charge in [-0.1, -0.05) is 121 Å². The number of hydrogen-bond acceptors (Lipinski definition) is 7. The Morgan fingerprint density at radius 3 is 2.08 bits per heavy atom. The monoisotopic (exact) mass is 842 g/mol. The first kappa shape index (κ1) is 40.9. The van der Waals surface area contributed by atoms with Crippen molar-refractivity contribution >= 4 is 51.6 Å². The molecule has 5 aromatic rings. The van der Waals surface area contributed by atoms with E-state index in [0.29, 0.717) is 23.6 Å². The molecular formula is C47H47ClN6O5S. The Morgan fingerprint density at radius 1 is 0.833 bits per heavy atom. The molecule has 1 unspecified atom stereocenters. The second kappa shape index (κ2) is 17.8. The Bertz CT molecular complexity index is 2460. The number of methoxy groups -OCH3 is 1. The number of halogens is 1. The highest BCUT2D eigenvalue weighted by molar-refractivity contribution is 7.84. The summed E-state index contributed by atoms with van der Waals surface area (Å²) < 4.78 is 17.6. The molecule has 6 atom stereocenters. The molecule has 2 N–H and O–H groups in total. The van der Waals surface area contributed by atoms with Gasteiger partial charge in [0.05, 0.1) is 42.3 Å². The minimum absolute atomic E-state index is 0.0825. The number of amides is 3. The van der Waals surface area contributed by atoms with E-state index in [1.165, 1.54) is 7.11 Å². The third-order valence-corrected chi connectivity index (χ3v) is 13.5. The zero-order valence-corrected chi connectivity index (χ0v) is 35.3. The number of carbonyl (C=O) groups excluding carboxylic acids is 3. The zero-order chi connectivity index (χ0) is 41.9. The quantitative estimate of drug-likeness (QED) is 0.128. The van der Waals surface area contributed by atoms with Gasteiger partial charge < -0.3 is 24.8 Å². The lowest BCUT2D eigenvalue weighted by Crippen LogP contribution is -2.47. The lowest BCUT2D eigenvalue weighted by atomic mass is 9.96. The maximum Gasteiger partial charge on any atom is 0.407 e. The van der Waals surface area contributed by atoms with Crippen LogP contribution in [0.1, 0.15) is 73.1 Å². The van der Waals surface area contributed by atoms with Crippen LogP contribution in [0.2, 0.25) is 0 Å². The van der Waals surface area contributed by atoms with E-state index in [1.807, 2.05) is 66.6 Å². The number of nitrogens with one attached hydrogen (secondary N) is 2. The van der Waals surface area contributed by atoms with Gasteiger partial charge in [0.15, 0.2) is 0 Å². The Kier molecular flexibility index (Phi) is 12.1. The molecule has 0 aliphatic carbocycles. The number of aliphatic imine (C=N–C) groups is 1. The van der Waals surface area contributed by atoms with Crippen molar-refractivity contribution < 1.29 is 23.3 Å². The first-order chi connectivity index (χ1) is 29.1. The van der Waals surface area contributed by atoms with Gasteiger partial charge in [0.1, 0.15) is 17.0 Å². The molecule has 4 aromatic carbocycles. The Labute approximate surface area is 357 Å². The molecule has 0 radical (unpaired) electrons. The molecule has 11 nitrogen and oxygen atoms in total. The minimum atomic E-state index is -1.19. The molecule has 1 aromatic heterocycles. The largest absolute Gasteiger partial charge is 0.453 e. The Balaban J connectivity index is 0.936. The number of hydrogen-bond donors (Lipinski definition) is 2. The summed E-state index contributed by atoms with van der Waals surface area (Å²) in [6.45, 7) is 2.95. The molecule has 4 heterocycles. The molecule has 308 valence electrons. The van der Waals surface area contributed by atoms with Crippen LogP contribution in [0.3, 0.4) is 0 Å². The predicted octanol–water partition coefficient (Wildman–Crippen LogP) is 8.41. The highest BCUT2D eigenvalue weighted by Crippen LogP contribution is 2.38. The summed E-state index contributed by atoms with van der Waals surface area (Å²) in [5.41, 5.74) is 8.09. The summed E-state index contributed by atoms with van der Waals surface area (Å²) in [6.07, 6.45) is 5.47. The van der Waals surface area contributed by atoms with Gasteiger partial charge in [-0.3, -0.25) is 13.8 Å². The summed E-state index contributed by atoms with van der Waals surface area (Å²) in [6, 6.07) is 33.9. The van der Waals surface area contributed by atoms with Crippen LogP contribution in [0, 0.1) is 0 Å². The Morgan fingerprint density at radius 2 is 1.45 bits per heavy atom. The average Bonchev–Trinajstić information content (AvgIpc) is 4.12. The van der Waals surface area contributed by atoms with Crippen molar-refractivity contribution in [2.75, 3.05) is 26.5 Å². The van der Waals surface area contributed by atoms with Gasteiger partial charge in [0, 0.05) is 47.9 Å². The van der Waals surface area contributed by atoms with Crippen molar-refractivity contribution in [2.24, 2.45) is 4.99 Å². The third-order valence-electron chi connectivity index (χ3n) is 12.0. The summed E-state index contributed by atoms with van der Waals surface area (Å²) in [5, 5.41) is 2.79. The number of rotatable bonds is 11. The zero-order valence-electron chi connectivity index (χ0n) is 33.7. The normalized spacial score (nSPS) is 20.5. The molecule has 2 saturated heterocycles. The molecule has 3 aliphatic heterocycles. The van der Waals surface area contributed by atoms with E-state index in [-0.39, 0.29) is 35.6 Å². The van der Waals surface area contributed by atoms with E-state index < -0.39 is 29.0 Å². The number of likely N-dealkylation sites (tertiary alicyclic amines) is 2. The molecule has 0 saturated carbocycles. The van der Waals surface area contributed by atoms with Gasteiger partial charge >= 0.3 is 6.09 Å². The van der Waals surface area contributed by atoms with E-state index >= 15 is 0 Å². The summed E-state index contributed by atoms with van der Waals surface area (Å²) in [5.74, 6) is 0.376. The molecule has 0 spiro atoms. The average molecular weight is 843 g/mol. The van der Waals surface area contributed by atoms with Crippen LogP contribution in [0.5, 0.6) is 0 Å². The van der Waals surface area contributed by atoms with Crippen molar-refractivity contribution in [3.8, 4) is 22.4 Å². The topological polar surface area (TPSA) is 137 Å². The fourth-order valence-corrected chi connectivity index (χ4v) is 9.69. The second-order valence-electron chi connectivity index (χ2n) is 15.6. The number of allylic oxidation sites excluding steroid dienone is 1. The number of benzene rings is 4. The lowest BCUT2D eigenvalue weighted by Gasteiger charge is -2.29. The van der Waals surface area contributed by atoms with Crippen molar-refractivity contribution in [3.63, 3.8) is 0 Å². The lowest BCUT2D eigenvalue weighted by molar-refractivity contribution is -0.134. The predicted molar refractivity (Wildman–Crippen MR) is 236 cm³/mol. The van der Waals surface area contributed by atoms with Crippen molar-refractivity contribution in [3.05, 3.63) is 143 Å². The van der Waals surface area contributed by atoms with E-state index in [9.17, 15) is 18.6 Å². The first-order valence-electron chi connectivity index (χ1n) is 20.2. The molecule has 0 bridgehead atoms. The van der Waals surface area contributed by atoms with Gasteiger partial charge in [-0.05, 0) is 59.6 Å². The molecule has 60 heavy (non-hydrogen) atoms. The number of ether oxygens (including phenoxy) is 1. The van der Waals surface area contributed by atoms with Crippen LogP contribution in [-0.2, 0) is 25.1 Å². The number of alkyl carbamates (subject to hydrolysis) is 1. The number of nitrogens with zero attached hydrogens (tertiary/aromatic N) is 4. The van der Waals surface area contributed by atoms with Gasteiger partial charge in [0.2, 0.25) is 5.91 Å². The van der Waals surface area contributed by atoms with E-state index in [2.05, 4.69) is 46.7 Å². The van der Waals surface area contributed by atoms with Crippen molar-refractivity contribution in [1.29, 1.82) is 0 Å². The number of imidazole rings is 1. The summed E-state index contributed by atoms with van der Waals surface area (Å²) in [4.78, 5) is 56.8. The summed E-state index contributed by atoms with van der Waals surface area (Å²) >= 11 is 6.82. The smallest absolute Gasteiger partial charge is 0.407 e. The fraction of sp³-hybridized carbons (Fsp3) is 0.298. The van der Waals surface area contributed by atoms with Crippen LogP contribution in [0.25, 0.3) is 28.0 Å². The van der Waals surface area contributed by atoms with Crippen LogP contribution < -0.4 is 5.32 Å². The first-order valence-corrected chi connectivity index (χ1v) is 22.2. The van der Waals surface area contributed by atoms with Gasteiger partial charge in [-0.15, -0.1) is 0 Å². The molecule has 3 aliphatic rings.